The van der Waals surface area contributed by atoms with Gasteiger partial charge in [0.1, 0.15) is 0 Å². The maximum atomic E-state index is 5.68. The molecule has 14 heavy (non-hydrogen) atoms. The van der Waals surface area contributed by atoms with Crippen LogP contribution in [0.5, 0.6) is 0 Å². The van der Waals surface area contributed by atoms with Crippen LogP contribution >= 0.6 is 0 Å². The molecule has 4 unspecified atom stereocenters. The maximum Gasteiger partial charge on any atom is 0.0264 e. The van der Waals surface area contributed by atoms with E-state index in [0.717, 1.165) is 17.8 Å². The van der Waals surface area contributed by atoms with Crippen molar-refractivity contribution in [1.29, 1.82) is 0 Å². The molecule has 0 saturated heterocycles. The zero-order chi connectivity index (χ0) is 10.6. The molecule has 1 aliphatic carbocycles. The van der Waals surface area contributed by atoms with Crippen molar-refractivity contribution in [1.82, 2.24) is 5.43 Å². The van der Waals surface area contributed by atoms with Crippen molar-refractivity contribution in [2.45, 2.75) is 58.9 Å². The summed E-state index contributed by atoms with van der Waals surface area (Å²) >= 11 is 0. The van der Waals surface area contributed by atoms with E-state index < -0.39 is 0 Å². The second kappa shape index (κ2) is 5.72. The van der Waals surface area contributed by atoms with E-state index in [-0.39, 0.29) is 0 Å². The van der Waals surface area contributed by atoms with Gasteiger partial charge in [-0.15, -0.1) is 0 Å². The smallest absolute Gasteiger partial charge is 0.0264 e. The fourth-order valence-electron chi connectivity index (χ4n) is 2.98. The minimum atomic E-state index is 0.542. The first-order chi connectivity index (χ1) is 6.69. The maximum absolute atomic E-state index is 5.68. The van der Waals surface area contributed by atoms with Gasteiger partial charge in [-0.3, -0.25) is 11.3 Å². The summed E-state index contributed by atoms with van der Waals surface area (Å²) in [6.45, 7) is 6.94. The topological polar surface area (TPSA) is 38.0 Å². The lowest BCUT2D eigenvalue weighted by Crippen LogP contribution is -2.44. The van der Waals surface area contributed by atoms with Crippen LogP contribution in [0.25, 0.3) is 0 Å². The molecular formula is C12H26N2. The van der Waals surface area contributed by atoms with E-state index in [0.29, 0.717) is 6.04 Å². The Hall–Kier alpha value is -0.0800. The van der Waals surface area contributed by atoms with Gasteiger partial charge in [-0.05, 0) is 37.0 Å². The number of hydrazine groups is 1. The third-order valence-corrected chi connectivity index (χ3v) is 3.79. The van der Waals surface area contributed by atoms with Crippen molar-refractivity contribution in [3.05, 3.63) is 0 Å². The van der Waals surface area contributed by atoms with Gasteiger partial charge in [0.25, 0.3) is 0 Å². The zero-order valence-corrected chi connectivity index (χ0v) is 9.92. The van der Waals surface area contributed by atoms with Crippen LogP contribution in [0, 0.1) is 17.8 Å². The molecule has 2 nitrogen and oxygen atoms in total. The van der Waals surface area contributed by atoms with E-state index in [9.17, 15) is 0 Å². The van der Waals surface area contributed by atoms with Gasteiger partial charge in [-0.1, -0.05) is 33.6 Å². The van der Waals surface area contributed by atoms with Gasteiger partial charge in [-0.25, -0.2) is 0 Å². The van der Waals surface area contributed by atoms with E-state index in [2.05, 4.69) is 26.2 Å². The molecule has 0 radical (unpaired) electrons. The van der Waals surface area contributed by atoms with E-state index >= 15 is 0 Å². The highest BCUT2D eigenvalue weighted by Crippen LogP contribution is 2.35. The van der Waals surface area contributed by atoms with Crippen LogP contribution in [0.1, 0.15) is 52.9 Å². The van der Waals surface area contributed by atoms with Crippen molar-refractivity contribution in [3.63, 3.8) is 0 Å². The standard InChI is InChI=1S/C12H26N2/c1-4-5-10(3)12(14-13)11-7-6-9(2)8-11/h9-12,14H,4-8,13H2,1-3H3. The average Bonchev–Trinajstić information content (AvgIpc) is 2.54. The van der Waals surface area contributed by atoms with Crippen LogP contribution in [0.2, 0.25) is 0 Å². The van der Waals surface area contributed by atoms with Gasteiger partial charge in [0.05, 0.1) is 0 Å². The molecule has 0 aromatic heterocycles. The average molecular weight is 198 g/mol. The van der Waals surface area contributed by atoms with Gasteiger partial charge in [-0.2, -0.15) is 0 Å². The molecule has 0 aliphatic heterocycles. The van der Waals surface area contributed by atoms with Crippen molar-refractivity contribution in [3.8, 4) is 0 Å². The van der Waals surface area contributed by atoms with Gasteiger partial charge in [0.15, 0.2) is 0 Å². The highest BCUT2D eigenvalue weighted by molar-refractivity contribution is 4.85. The lowest BCUT2D eigenvalue weighted by Gasteiger charge is -2.28. The lowest BCUT2D eigenvalue weighted by molar-refractivity contribution is 0.258. The third kappa shape index (κ3) is 2.96. The van der Waals surface area contributed by atoms with E-state index in [1.54, 1.807) is 0 Å². The van der Waals surface area contributed by atoms with Gasteiger partial charge >= 0.3 is 0 Å². The largest absolute Gasteiger partial charge is 0.271 e. The Balaban J connectivity index is 2.44. The Bertz CT molecular complexity index is 158. The van der Waals surface area contributed by atoms with Gasteiger partial charge < -0.3 is 0 Å². The van der Waals surface area contributed by atoms with Crippen molar-refractivity contribution < 1.29 is 0 Å². The first kappa shape index (κ1) is 12.0. The van der Waals surface area contributed by atoms with Crippen LogP contribution in [0.4, 0.5) is 0 Å². The quantitative estimate of drug-likeness (QED) is 0.526. The summed E-state index contributed by atoms with van der Waals surface area (Å²) in [4.78, 5) is 0. The fraction of sp³-hybridized carbons (Fsp3) is 1.00. The fourth-order valence-corrected chi connectivity index (χ4v) is 2.98. The lowest BCUT2D eigenvalue weighted by atomic mass is 9.85. The molecule has 0 heterocycles. The van der Waals surface area contributed by atoms with Crippen LogP contribution in [-0.2, 0) is 0 Å². The highest BCUT2D eigenvalue weighted by Gasteiger charge is 2.30. The van der Waals surface area contributed by atoms with Crippen molar-refractivity contribution in [2.75, 3.05) is 0 Å². The Kier molecular flexibility index (Phi) is 4.90. The molecule has 2 heteroatoms. The van der Waals surface area contributed by atoms with Crippen LogP contribution in [-0.4, -0.2) is 6.04 Å². The normalized spacial score (nSPS) is 31.7. The summed E-state index contributed by atoms with van der Waals surface area (Å²) in [5.41, 5.74) is 3.05. The zero-order valence-electron chi connectivity index (χ0n) is 9.92. The molecule has 1 rings (SSSR count). The molecule has 0 aromatic carbocycles. The molecule has 0 bridgehead atoms. The Labute approximate surface area is 88.6 Å². The van der Waals surface area contributed by atoms with E-state index in [1.807, 2.05) is 0 Å². The van der Waals surface area contributed by atoms with Crippen molar-refractivity contribution in [2.24, 2.45) is 23.6 Å². The molecule has 1 fully saturated rings. The summed E-state index contributed by atoms with van der Waals surface area (Å²) in [6, 6.07) is 0.542. The van der Waals surface area contributed by atoms with Crippen LogP contribution in [0.15, 0.2) is 0 Å². The van der Waals surface area contributed by atoms with Gasteiger partial charge in [0, 0.05) is 6.04 Å². The monoisotopic (exact) mass is 198 g/mol. The van der Waals surface area contributed by atoms with E-state index in [1.165, 1.54) is 32.1 Å². The second-order valence-electron chi connectivity index (χ2n) is 5.14. The number of nitrogens with two attached hydrogens (primary N) is 1. The molecule has 1 aliphatic rings. The molecule has 0 amide bonds. The molecule has 4 atom stereocenters. The minimum absolute atomic E-state index is 0.542. The minimum Gasteiger partial charge on any atom is -0.271 e. The number of hydrogen-bond acceptors (Lipinski definition) is 2. The Morgan fingerprint density at radius 2 is 2.14 bits per heavy atom. The summed E-state index contributed by atoms with van der Waals surface area (Å²) in [5, 5.41) is 0. The summed E-state index contributed by atoms with van der Waals surface area (Å²) in [5.74, 6) is 8.13. The number of rotatable bonds is 5. The molecular weight excluding hydrogens is 172 g/mol. The second-order valence-corrected chi connectivity index (χ2v) is 5.14. The number of hydrogen-bond donors (Lipinski definition) is 2. The number of nitrogens with one attached hydrogen (secondary N) is 1. The molecule has 1 saturated carbocycles. The summed E-state index contributed by atoms with van der Waals surface area (Å²) in [7, 11) is 0. The molecule has 0 aromatic rings. The molecule has 3 N–H and O–H groups in total. The third-order valence-electron chi connectivity index (χ3n) is 3.79. The first-order valence-electron chi connectivity index (χ1n) is 6.15. The van der Waals surface area contributed by atoms with Crippen LogP contribution in [0.3, 0.4) is 0 Å². The van der Waals surface area contributed by atoms with Crippen molar-refractivity contribution >= 4 is 0 Å². The van der Waals surface area contributed by atoms with Gasteiger partial charge in [0.2, 0.25) is 0 Å². The van der Waals surface area contributed by atoms with E-state index in [4.69, 9.17) is 5.84 Å². The van der Waals surface area contributed by atoms with Crippen LogP contribution < -0.4 is 11.3 Å². The Morgan fingerprint density at radius 3 is 2.57 bits per heavy atom. The summed E-state index contributed by atoms with van der Waals surface area (Å²) < 4.78 is 0. The predicted molar refractivity (Wildman–Crippen MR) is 61.7 cm³/mol. The first-order valence-corrected chi connectivity index (χ1v) is 6.15. The highest BCUT2D eigenvalue weighted by atomic mass is 15.2. The Morgan fingerprint density at radius 1 is 1.43 bits per heavy atom. The predicted octanol–water partition coefficient (Wildman–Crippen LogP) is 2.69. The SMILES string of the molecule is CCCC(C)C(NN)C1CCC(C)C1. The molecule has 84 valence electrons. The summed E-state index contributed by atoms with van der Waals surface area (Å²) in [6.07, 6.45) is 6.68. The molecule has 0 spiro atoms.